The van der Waals surface area contributed by atoms with Gasteiger partial charge in [0.05, 0.1) is 11.0 Å². The lowest BCUT2D eigenvalue weighted by Gasteiger charge is -2.35. The fraction of sp³-hybridized carbons (Fsp3) is 0.529. The molecule has 1 fully saturated rings. The van der Waals surface area contributed by atoms with Gasteiger partial charge in [0, 0.05) is 39.8 Å². The van der Waals surface area contributed by atoms with Crippen molar-refractivity contribution >= 4 is 29.3 Å². The quantitative estimate of drug-likeness (QED) is 0.746. The number of fused-ring (bicyclic) bond motifs is 1. The van der Waals surface area contributed by atoms with Crippen LogP contribution in [0.15, 0.2) is 29.1 Å². The van der Waals surface area contributed by atoms with Crippen molar-refractivity contribution in [2.75, 3.05) is 32.7 Å². The van der Waals surface area contributed by atoms with E-state index in [0.29, 0.717) is 24.1 Å². The molecule has 1 amide bonds. The molecular formula is C17H23ClF3N5O2. The lowest BCUT2D eigenvalue weighted by atomic mass is 10.2. The molecule has 1 saturated heterocycles. The number of hydrogen-bond acceptors (Lipinski definition) is 4. The summed E-state index contributed by atoms with van der Waals surface area (Å²) in [5.74, 6) is -0.627. The fourth-order valence-corrected chi connectivity index (χ4v) is 3.37. The van der Waals surface area contributed by atoms with Gasteiger partial charge in [-0.05, 0) is 12.1 Å². The van der Waals surface area contributed by atoms with Gasteiger partial charge in [-0.1, -0.05) is 12.1 Å². The molecule has 1 aliphatic rings. The number of imidazole rings is 1. The lowest BCUT2D eigenvalue weighted by Crippen LogP contribution is -2.57. The van der Waals surface area contributed by atoms with Crippen molar-refractivity contribution in [1.29, 1.82) is 0 Å². The highest BCUT2D eigenvalue weighted by Crippen LogP contribution is 2.24. The zero-order valence-electron chi connectivity index (χ0n) is 15.3. The summed E-state index contributed by atoms with van der Waals surface area (Å²) < 4.78 is 42.8. The summed E-state index contributed by atoms with van der Waals surface area (Å²) in [5.41, 5.74) is 0.833. The van der Waals surface area contributed by atoms with Crippen LogP contribution in [0, 0.1) is 0 Å². The predicted molar refractivity (Wildman–Crippen MR) is 102 cm³/mol. The number of amides is 1. The van der Waals surface area contributed by atoms with E-state index >= 15 is 0 Å². The van der Waals surface area contributed by atoms with Crippen LogP contribution in [0.3, 0.4) is 0 Å². The van der Waals surface area contributed by atoms with Gasteiger partial charge in [0.25, 0.3) is 0 Å². The smallest absolute Gasteiger partial charge is 0.353 e. The van der Waals surface area contributed by atoms with Gasteiger partial charge < -0.3 is 10.6 Å². The Hall–Kier alpha value is -2.04. The maximum atomic E-state index is 13.4. The number of aryl methyl sites for hydroxylation is 1. The molecule has 1 aromatic heterocycles. The summed E-state index contributed by atoms with van der Waals surface area (Å²) in [7, 11) is 1.59. The Morgan fingerprint density at radius 2 is 1.82 bits per heavy atom. The van der Waals surface area contributed by atoms with Gasteiger partial charge >= 0.3 is 11.9 Å². The zero-order chi connectivity index (χ0) is 19.6. The molecule has 0 bridgehead atoms. The summed E-state index contributed by atoms with van der Waals surface area (Å²) in [5, 5.41) is 5.35. The number of para-hydroxylation sites is 2. The molecular weight excluding hydrogens is 399 g/mol. The number of aromatic nitrogens is 2. The van der Waals surface area contributed by atoms with Crippen LogP contribution in [-0.2, 0) is 18.4 Å². The zero-order valence-corrected chi connectivity index (χ0v) is 16.1. The monoisotopic (exact) mass is 421 g/mol. The van der Waals surface area contributed by atoms with Crippen LogP contribution in [0.2, 0.25) is 0 Å². The van der Waals surface area contributed by atoms with E-state index in [1.165, 1.54) is 14.0 Å². The first-order valence-corrected chi connectivity index (χ1v) is 8.71. The van der Waals surface area contributed by atoms with E-state index in [1.807, 2.05) is 0 Å². The molecule has 156 valence electrons. The third-order valence-electron chi connectivity index (χ3n) is 4.82. The minimum Gasteiger partial charge on any atom is -0.353 e. The SMILES string of the molecule is Cl.Cn1c(=O)n(CC(=O)NCC(N2CCNCC2)C(F)(F)F)c2ccccc21. The Bertz CT molecular complexity index is 874. The number of hydrogen-bond donors (Lipinski definition) is 2. The Labute approximate surface area is 165 Å². The number of nitrogens with one attached hydrogen (secondary N) is 2. The first-order valence-electron chi connectivity index (χ1n) is 8.71. The summed E-state index contributed by atoms with van der Waals surface area (Å²) in [6, 6.07) is 5.21. The lowest BCUT2D eigenvalue weighted by molar-refractivity contribution is -0.184. The van der Waals surface area contributed by atoms with Gasteiger partial charge in [-0.15, -0.1) is 12.4 Å². The molecule has 7 nitrogen and oxygen atoms in total. The van der Waals surface area contributed by atoms with E-state index in [4.69, 9.17) is 0 Å². The van der Waals surface area contributed by atoms with Crippen molar-refractivity contribution in [2.24, 2.45) is 7.05 Å². The van der Waals surface area contributed by atoms with Crippen LogP contribution >= 0.6 is 12.4 Å². The van der Waals surface area contributed by atoms with Crippen LogP contribution in [0.1, 0.15) is 0 Å². The maximum absolute atomic E-state index is 13.4. The van der Waals surface area contributed by atoms with Gasteiger partial charge in [-0.25, -0.2) is 4.79 Å². The molecule has 0 saturated carbocycles. The molecule has 2 N–H and O–H groups in total. The molecule has 1 aromatic carbocycles. The average Bonchev–Trinajstić information content (AvgIpc) is 2.87. The van der Waals surface area contributed by atoms with Gasteiger partial charge in [-0.2, -0.15) is 13.2 Å². The van der Waals surface area contributed by atoms with Crippen molar-refractivity contribution in [1.82, 2.24) is 24.7 Å². The highest BCUT2D eigenvalue weighted by atomic mass is 35.5. The molecule has 11 heteroatoms. The second-order valence-corrected chi connectivity index (χ2v) is 6.56. The second-order valence-electron chi connectivity index (χ2n) is 6.56. The highest BCUT2D eigenvalue weighted by Gasteiger charge is 2.43. The van der Waals surface area contributed by atoms with Crippen molar-refractivity contribution in [2.45, 2.75) is 18.8 Å². The summed E-state index contributed by atoms with van der Waals surface area (Å²) >= 11 is 0. The van der Waals surface area contributed by atoms with Crippen molar-refractivity contribution in [3.63, 3.8) is 0 Å². The molecule has 1 atom stereocenters. The number of benzene rings is 1. The topological polar surface area (TPSA) is 71.3 Å². The van der Waals surface area contributed by atoms with Crippen LogP contribution in [0.25, 0.3) is 11.0 Å². The maximum Gasteiger partial charge on any atom is 0.405 e. The second kappa shape index (κ2) is 8.97. The fourth-order valence-electron chi connectivity index (χ4n) is 3.37. The van der Waals surface area contributed by atoms with Gasteiger partial charge in [0.1, 0.15) is 12.6 Å². The van der Waals surface area contributed by atoms with Gasteiger partial charge in [0.2, 0.25) is 5.91 Å². The molecule has 0 radical (unpaired) electrons. The van der Waals surface area contributed by atoms with Crippen molar-refractivity contribution < 1.29 is 18.0 Å². The van der Waals surface area contributed by atoms with E-state index in [1.54, 1.807) is 31.3 Å². The average molecular weight is 422 g/mol. The van der Waals surface area contributed by atoms with E-state index in [2.05, 4.69) is 10.6 Å². The standard InChI is InChI=1S/C17H22F3N5O2.ClH/c1-23-12-4-2-3-5-13(12)25(16(23)27)11-15(26)22-10-14(17(18,19)20)24-8-6-21-7-9-24;/h2-5,14,21H,6-11H2,1H3,(H,22,26);1H. The van der Waals surface area contributed by atoms with Crippen LogP contribution in [-0.4, -0.2) is 64.9 Å². The van der Waals surface area contributed by atoms with Crippen LogP contribution in [0.4, 0.5) is 13.2 Å². The molecule has 3 rings (SSSR count). The molecule has 1 aliphatic heterocycles. The molecule has 2 aromatic rings. The third kappa shape index (κ3) is 4.68. The molecule has 2 heterocycles. The molecule has 28 heavy (non-hydrogen) atoms. The highest BCUT2D eigenvalue weighted by molar-refractivity contribution is 5.85. The number of nitrogens with zero attached hydrogens (tertiary/aromatic N) is 3. The van der Waals surface area contributed by atoms with Gasteiger partial charge in [0.15, 0.2) is 0 Å². The van der Waals surface area contributed by atoms with E-state index in [-0.39, 0.29) is 37.7 Å². The number of carbonyl (C=O) groups excluding carboxylic acids is 1. The minimum absolute atomic E-state index is 0. The van der Waals surface area contributed by atoms with E-state index in [0.717, 1.165) is 0 Å². The largest absolute Gasteiger partial charge is 0.405 e. The minimum atomic E-state index is -4.44. The molecule has 1 unspecified atom stereocenters. The Kier molecular flexibility index (Phi) is 7.13. The van der Waals surface area contributed by atoms with E-state index in [9.17, 15) is 22.8 Å². The summed E-state index contributed by atoms with van der Waals surface area (Å²) in [6.45, 7) is 0.623. The van der Waals surface area contributed by atoms with Crippen molar-refractivity contribution in [3.05, 3.63) is 34.7 Å². The van der Waals surface area contributed by atoms with Crippen molar-refractivity contribution in [3.8, 4) is 0 Å². The first kappa shape index (κ1) is 22.3. The Morgan fingerprint density at radius 3 is 2.43 bits per heavy atom. The molecule has 0 spiro atoms. The van der Waals surface area contributed by atoms with E-state index < -0.39 is 24.7 Å². The number of carbonyl (C=O) groups is 1. The Morgan fingerprint density at radius 1 is 1.21 bits per heavy atom. The number of alkyl halides is 3. The van der Waals surface area contributed by atoms with Crippen LogP contribution in [0.5, 0.6) is 0 Å². The summed E-state index contributed by atoms with van der Waals surface area (Å²) in [6.07, 6.45) is -4.44. The number of piperazine rings is 1. The van der Waals surface area contributed by atoms with Crippen LogP contribution < -0.4 is 16.3 Å². The summed E-state index contributed by atoms with van der Waals surface area (Å²) in [4.78, 5) is 25.9. The third-order valence-corrected chi connectivity index (χ3v) is 4.82. The number of rotatable bonds is 5. The number of halogens is 4. The molecule has 0 aliphatic carbocycles. The normalized spacial score (nSPS) is 16.6. The first-order chi connectivity index (χ1) is 12.8. The predicted octanol–water partition coefficient (Wildman–Crippen LogP) is 0.714. The van der Waals surface area contributed by atoms with Gasteiger partial charge in [-0.3, -0.25) is 18.8 Å². The Balaban J connectivity index is 0.00000280.